The van der Waals surface area contributed by atoms with E-state index >= 15 is 0 Å². The lowest BCUT2D eigenvalue weighted by Gasteiger charge is -2.37. The van der Waals surface area contributed by atoms with Gasteiger partial charge in [-0.05, 0) is 45.9 Å². The summed E-state index contributed by atoms with van der Waals surface area (Å²) in [5.74, 6) is 0.528. The van der Waals surface area contributed by atoms with Gasteiger partial charge in [-0.3, -0.25) is 8.89 Å². The van der Waals surface area contributed by atoms with Crippen LogP contribution in [-0.2, 0) is 10.8 Å². The SMILES string of the molecule is CC(C)n1cc2cc(NC(=O)N3CC[S@](=O)C(C)(C)C3)ccc2n1. The fourth-order valence-corrected chi connectivity index (χ4v) is 4.08. The highest BCUT2D eigenvalue weighted by atomic mass is 32.2. The number of nitrogens with zero attached hydrogens (tertiary/aromatic N) is 3. The van der Waals surface area contributed by atoms with Gasteiger partial charge < -0.3 is 10.2 Å². The predicted octanol–water partition coefficient (Wildman–Crippen LogP) is 2.99. The van der Waals surface area contributed by atoms with Crippen LogP contribution in [0.25, 0.3) is 10.9 Å². The van der Waals surface area contributed by atoms with Gasteiger partial charge in [-0.15, -0.1) is 0 Å². The minimum Gasteiger partial charge on any atom is -0.322 e. The van der Waals surface area contributed by atoms with E-state index in [0.717, 1.165) is 16.6 Å². The van der Waals surface area contributed by atoms with E-state index in [4.69, 9.17) is 0 Å². The average Bonchev–Trinajstić information content (AvgIpc) is 2.93. The lowest BCUT2D eigenvalue weighted by atomic mass is 10.2. The molecule has 0 spiro atoms. The molecular formula is C17H24N4O2S. The maximum Gasteiger partial charge on any atom is 0.321 e. The van der Waals surface area contributed by atoms with E-state index in [1.165, 1.54) is 0 Å². The number of amides is 2. The van der Waals surface area contributed by atoms with Crippen molar-refractivity contribution in [3.63, 3.8) is 0 Å². The zero-order valence-corrected chi connectivity index (χ0v) is 15.4. The van der Waals surface area contributed by atoms with Crippen LogP contribution in [0.3, 0.4) is 0 Å². The molecule has 2 amide bonds. The summed E-state index contributed by atoms with van der Waals surface area (Å²) in [7, 11) is -0.887. The first-order valence-electron chi connectivity index (χ1n) is 8.19. The third kappa shape index (κ3) is 3.31. The Morgan fingerprint density at radius 3 is 2.79 bits per heavy atom. The summed E-state index contributed by atoms with van der Waals surface area (Å²) in [6, 6.07) is 5.87. The highest BCUT2D eigenvalue weighted by Crippen LogP contribution is 2.23. The van der Waals surface area contributed by atoms with Crippen LogP contribution in [0.1, 0.15) is 33.7 Å². The summed E-state index contributed by atoms with van der Waals surface area (Å²) >= 11 is 0. The molecule has 0 bridgehead atoms. The Balaban J connectivity index is 1.74. The van der Waals surface area contributed by atoms with Crippen molar-refractivity contribution in [2.24, 2.45) is 0 Å². The molecule has 1 atom stereocenters. The monoisotopic (exact) mass is 348 g/mol. The van der Waals surface area contributed by atoms with E-state index in [-0.39, 0.29) is 10.8 Å². The molecule has 1 saturated heterocycles. The smallest absolute Gasteiger partial charge is 0.321 e. The van der Waals surface area contributed by atoms with E-state index in [1.807, 2.05) is 42.9 Å². The molecule has 0 unspecified atom stereocenters. The Hall–Kier alpha value is -1.89. The van der Waals surface area contributed by atoms with Gasteiger partial charge in [0, 0.05) is 53.0 Å². The Kier molecular flexibility index (Phi) is 4.38. The van der Waals surface area contributed by atoms with Crippen molar-refractivity contribution in [3.8, 4) is 0 Å². The number of anilines is 1. The normalized spacial score (nSPS) is 20.5. The number of carbonyl (C=O) groups excluding carboxylic acids is 1. The number of hydrogen-bond acceptors (Lipinski definition) is 3. The van der Waals surface area contributed by atoms with Gasteiger partial charge in [0.15, 0.2) is 0 Å². The van der Waals surface area contributed by atoms with Crippen LogP contribution < -0.4 is 5.32 Å². The average molecular weight is 348 g/mol. The second kappa shape index (κ2) is 6.20. The Labute approximate surface area is 144 Å². The molecule has 2 aromatic rings. The molecule has 130 valence electrons. The Bertz CT molecular complexity index is 797. The molecule has 1 aromatic heterocycles. The van der Waals surface area contributed by atoms with Crippen molar-refractivity contribution in [3.05, 3.63) is 24.4 Å². The number of nitrogens with one attached hydrogen (secondary N) is 1. The van der Waals surface area contributed by atoms with Crippen LogP contribution in [0.15, 0.2) is 24.4 Å². The quantitative estimate of drug-likeness (QED) is 0.907. The molecule has 0 aliphatic carbocycles. The number of carbonyl (C=O) groups is 1. The van der Waals surface area contributed by atoms with Crippen molar-refractivity contribution in [1.29, 1.82) is 0 Å². The molecule has 6 nitrogen and oxygen atoms in total. The van der Waals surface area contributed by atoms with Gasteiger partial charge in [-0.1, -0.05) is 0 Å². The van der Waals surface area contributed by atoms with Crippen LogP contribution in [-0.4, -0.2) is 48.5 Å². The molecule has 0 radical (unpaired) electrons. The molecule has 1 aliphatic rings. The van der Waals surface area contributed by atoms with Gasteiger partial charge in [-0.25, -0.2) is 4.79 Å². The Morgan fingerprint density at radius 2 is 2.12 bits per heavy atom. The highest BCUT2D eigenvalue weighted by molar-refractivity contribution is 7.86. The van der Waals surface area contributed by atoms with Gasteiger partial charge in [-0.2, -0.15) is 5.10 Å². The highest BCUT2D eigenvalue weighted by Gasteiger charge is 2.35. The lowest BCUT2D eigenvalue weighted by Crippen LogP contribution is -2.53. The third-order valence-corrected chi connectivity index (χ3v) is 6.24. The zero-order chi connectivity index (χ0) is 17.5. The summed E-state index contributed by atoms with van der Waals surface area (Å²) in [6.07, 6.45) is 1.99. The van der Waals surface area contributed by atoms with E-state index in [0.29, 0.717) is 24.9 Å². The van der Waals surface area contributed by atoms with E-state index < -0.39 is 10.8 Å². The summed E-state index contributed by atoms with van der Waals surface area (Å²) in [6.45, 7) is 9.06. The first kappa shape index (κ1) is 17.0. The molecule has 3 rings (SSSR count). The summed E-state index contributed by atoms with van der Waals surface area (Å²) in [5.41, 5.74) is 1.66. The number of fused-ring (bicyclic) bond motifs is 1. The molecule has 1 N–H and O–H groups in total. The van der Waals surface area contributed by atoms with Gasteiger partial charge in [0.2, 0.25) is 0 Å². The van der Waals surface area contributed by atoms with Crippen molar-refractivity contribution in [1.82, 2.24) is 14.7 Å². The first-order valence-corrected chi connectivity index (χ1v) is 9.51. The molecule has 7 heteroatoms. The molecule has 2 heterocycles. The fraction of sp³-hybridized carbons (Fsp3) is 0.529. The van der Waals surface area contributed by atoms with Crippen molar-refractivity contribution < 1.29 is 9.00 Å². The Morgan fingerprint density at radius 1 is 1.38 bits per heavy atom. The predicted molar refractivity (Wildman–Crippen MR) is 97.8 cm³/mol. The van der Waals surface area contributed by atoms with E-state index in [9.17, 15) is 9.00 Å². The number of aromatic nitrogens is 2. The topological polar surface area (TPSA) is 67.2 Å². The molecule has 1 aromatic carbocycles. The minimum absolute atomic E-state index is 0.143. The largest absolute Gasteiger partial charge is 0.322 e. The second-order valence-electron chi connectivity index (χ2n) is 7.14. The minimum atomic E-state index is -0.887. The standard InChI is InChI=1S/C17H24N4O2S/c1-12(2)21-10-13-9-14(5-6-15(13)19-21)18-16(22)20-7-8-24(23)17(3,4)11-20/h5-6,9-10,12H,7-8,11H2,1-4H3,(H,18,22)/t24-/m0/s1. The van der Waals surface area contributed by atoms with Crippen LogP contribution in [0.5, 0.6) is 0 Å². The van der Waals surface area contributed by atoms with Crippen LogP contribution in [0, 0.1) is 0 Å². The van der Waals surface area contributed by atoms with Crippen LogP contribution in [0.2, 0.25) is 0 Å². The van der Waals surface area contributed by atoms with Crippen LogP contribution >= 0.6 is 0 Å². The van der Waals surface area contributed by atoms with Crippen molar-refractivity contribution in [2.45, 2.75) is 38.5 Å². The van der Waals surface area contributed by atoms with Gasteiger partial charge >= 0.3 is 6.03 Å². The van der Waals surface area contributed by atoms with Gasteiger partial charge in [0.05, 0.1) is 10.3 Å². The zero-order valence-electron chi connectivity index (χ0n) is 14.6. The lowest BCUT2D eigenvalue weighted by molar-refractivity contribution is 0.207. The molecule has 1 fully saturated rings. The van der Waals surface area contributed by atoms with E-state index in [2.05, 4.69) is 24.3 Å². The van der Waals surface area contributed by atoms with E-state index in [1.54, 1.807) is 4.90 Å². The second-order valence-corrected chi connectivity index (χ2v) is 9.34. The summed E-state index contributed by atoms with van der Waals surface area (Å²) in [4.78, 5) is 14.2. The molecular weight excluding hydrogens is 324 g/mol. The number of urea groups is 1. The first-order chi connectivity index (χ1) is 11.3. The summed E-state index contributed by atoms with van der Waals surface area (Å²) in [5, 5.41) is 8.46. The maximum absolute atomic E-state index is 12.5. The maximum atomic E-state index is 12.5. The number of benzene rings is 1. The molecule has 0 saturated carbocycles. The van der Waals surface area contributed by atoms with Gasteiger partial charge in [0.1, 0.15) is 0 Å². The summed E-state index contributed by atoms with van der Waals surface area (Å²) < 4.78 is 13.5. The fourth-order valence-electron chi connectivity index (χ4n) is 2.84. The number of hydrogen-bond donors (Lipinski definition) is 1. The third-order valence-electron chi connectivity index (χ3n) is 4.32. The van der Waals surface area contributed by atoms with Crippen molar-refractivity contribution >= 4 is 33.4 Å². The molecule has 24 heavy (non-hydrogen) atoms. The number of rotatable bonds is 2. The van der Waals surface area contributed by atoms with Gasteiger partial charge in [0.25, 0.3) is 0 Å². The van der Waals surface area contributed by atoms with Crippen LogP contribution in [0.4, 0.5) is 10.5 Å². The molecule has 1 aliphatic heterocycles. The van der Waals surface area contributed by atoms with Crippen molar-refractivity contribution in [2.75, 3.05) is 24.2 Å².